The lowest BCUT2D eigenvalue weighted by atomic mass is 9.72. The van der Waals surface area contributed by atoms with Gasteiger partial charge >= 0.3 is 0 Å². The predicted octanol–water partition coefficient (Wildman–Crippen LogP) is 1.86. The molecule has 2 N–H and O–H groups in total. The van der Waals surface area contributed by atoms with Crippen molar-refractivity contribution in [2.45, 2.75) is 52.2 Å². The van der Waals surface area contributed by atoms with E-state index in [4.69, 9.17) is 10.5 Å². The molecule has 0 atom stereocenters. The first-order valence-electron chi connectivity index (χ1n) is 6.64. The molecule has 1 rings (SSSR count). The Labute approximate surface area is 100 Å². The Balaban J connectivity index is 2.53. The zero-order valence-corrected chi connectivity index (χ0v) is 11.3. The van der Waals surface area contributed by atoms with Crippen LogP contribution in [0, 0.1) is 5.92 Å². The SMILES string of the molecule is CCOC1CC(CN)(N(CC)CC(C)C)C1. The van der Waals surface area contributed by atoms with Crippen molar-refractivity contribution >= 4 is 0 Å². The zero-order chi connectivity index (χ0) is 12.2. The molecule has 0 saturated heterocycles. The molecule has 1 aliphatic rings. The lowest BCUT2D eigenvalue weighted by Gasteiger charge is -2.54. The molecule has 16 heavy (non-hydrogen) atoms. The van der Waals surface area contributed by atoms with Crippen molar-refractivity contribution in [1.29, 1.82) is 0 Å². The highest BCUT2D eigenvalue weighted by molar-refractivity contribution is 5.04. The molecular formula is C13H28N2O. The lowest BCUT2D eigenvalue weighted by molar-refractivity contribution is -0.101. The van der Waals surface area contributed by atoms with Crippen LogP contribution < -0.4 is 5.73 Å². The Morgan fingerprint density at radius 3 is 2.38 bits per heavy atom. The van der Waals surface area contributed by atoms with E-state index in [1.807, 2.05) is 0 Å². The number of likely N-dealkylation sites (N-methyl/N-ethyl adjacent to an activating group) is 1. The van der Waals surface area contributed by atoms with Crippen LogP contribution in [0.5, 0.6) is 0 Å². The largest absolute Gasteiger partial charge is 0.378 e. The number of hydrogen-bond donors (Lipinski definition) is 1. The lowest BCUT2D eigenvalue weighted by Crippen LogP contribution is -2.64. The molecule has 96 valence electrons. The first kappa shape index (κ1) is 13.9. The van der Waals surface area contributed by atoms with Crippen LogP contribution in [0.25, 0.3) is 0 Å². The van der Waals surface area contributed by atoms with Crippen molar-refractivity contribution in [3.05, 3.63) is 0 Å². The van der Waals surface area contributed by atoms with E-state index in [0.29, 0.717) is 12.0 Å². The second kappa shape index (κ2) is 5.99. The fraction of sp³-hybridized carbons (Fsp3) is 1.00. The third kappa shape index (κ3) is 2.96. The van der Waals surface area contributed by atoms with Gasteiger partial charge in [0.15, 0.2) is 0 Å². The Hall–Kier alpha value is -0.120. The quantitative estimate of drug-likeness (QED) is 0.723. The molecule has 1 aliphatic carbocycles. The summed E-state index contributed by atoms with van der Waals surface area (Å²) in [6, 6.07) is 0. The molecule has 0 radical (unpaired) electrons. The average Bonchev–Trinajstić information content (AvgIpc) is 2.19. The average molecular weight is 228 g/mol. The van der Waals surface area contributed by atoms with Gasteiger partial charge in [0, 0.05) is 25.2 Å². The molecule has 1 fully saturated rings. The minimum Gasteiger partial charge on any atom is -0.378 e. The molecule has 1 saturated carbocycles. The molecule has 0 spiro atoms. The Kier molecular flexibility index (Phi) is 5.22. The van der Waals surface area contributed by atoms with Crippen molar-refractivity contribution in [1.82, 2.24) is 4.90 Å². The summed E-state index contributed by atoms with van der Waals surface area (Å²) < 4.78 is 5.65. The molecule has 0 amide bonds. The summed E-state index contributed by atoms with van der Waals surface area (Å²) in [6.07, 6.45) is 2.66. The van der Waals surface area contributed by atoms with Crippen LogP contribution in [0.1, 0.15) is 40.5 Å². The standard InChI is InChI=1S/C13H28N2O/c1-5-15(9-11(3)4)13(10-14)7-12(8-13)16-6-2/h11-12H,5-10,14H2,1-4H3. The van der Waals surface area contributed by atoms with Gasteiger partial charge in [-0.3, -0.25) is 4.90 Å². The smallest absolute Gasteiger partial charge is 0.0611 e. The van der Waals surface area contributed by atoms with Crippen molar-refractivity contribution in [3.8, 4) is 0 Å². The van der Waals surface area contributed by atoms with Crippen LogP contribution in [0.3, 0.4) is 0 Å². The van der Waals surface area contributed by atoms with Gasteiger partial charge in [-0.15, -0.1) is 0 Å². The van der Waals surface area contributed by atoms with Gasteiger partial charge in [0.1, 0.15) is 0 Å². The van der Waals surface area contributed by atoms with E-state index in [1.165, 1.54) is 0 Å². The van der Waals surface area contributed by atoms with E-state index in [2.05, 4.69) is 32.6 Å². The Morgan fingerprint density at radius 2 is 2.00 bits per heavy atom. The van der Waals surface area contributed by atoms with Gasteiger partial charge in [0.25, 0.3) is 0 Å². The number of hydrogen-bond acceptors (Lipinski definition) is 3. The second-order valence-electron chi connectivity index (χ2n) is 5.35. The monoisotopic (exact) mass is 228 g/mol. The van der Waals surface area contributed by atoms with E-state index in [1.54, 1.807) is 0 Å². The minimum absolute atomic E-state index is 0.221. The molecule has 0 heterocycles. The molecule has 3 nitrogen and oxygen atoms in total. The zero-order valence-electron chi connectivity index (χ0n) is 11.3. The normalized spacial score (nSPS) is 29.8. The van der Waals surface area contributed by atoms with E-state index in [-0.39, 0.29) is 5.54 Å². The summed E-state index contributed by atoms with van der Waals surface area (Å²) in [4.78, 5) is 2.55. The van der Waals surface area contributed by atoms with Crippen LogP contribution in [-0.4, -0.2) is 42.8 Å². The molecule has 3 heteroatoms. The van der Waals surface area contributed by atoms with Gasteiger partial charge in [-0.25, -0.2) is 0 Å². The van der Waals surface area contributed by atoms with E-state index < -0.39 is 0 Å². The third-order valence-corrected chi connectivity index (χ3v) is 3.64. The van der Waals surface area contributed by atoms with Gasteiger partial charge in [-0.05, 0) is 32.2 Å². The molecule has 0 unspecified atom stereocenters. The summed E-state index contributed by atoms with van der Waals surface area (Å²) >= 11 is 0. The maximum absolute atomic E-state index is 5.98. The highest BCUT2D eigenvalue weighted by Crippen LogP contribution is 2.39. The molecule has 0 aromatic carbocycles. The fourth-order valence-corrected chi connectivity index (χ4v) is 2.79. The maximum Gasteiger partial charge on any atom is 0.0611 e. The van der Waals surface area contributed by atoms with E-state index in [9.17, 15) is 0 Å². The van der Waals surface area contributed by atoms with Crippen molar-refractivity contribution in [3.63, 3.8) is 0 Å². The van der Waals surface area contributed by atoms with Gasteiger partial charge in [-0.2, -0.15) is 0 Å². The number of nitrogens with two attached hydrogens (primary N) is 1. The Bertz CT molecular complexity index is 200. The summed E-state index contributed by atoms with van der Waals surface area (Å²) in [7, 11) is 0. The second-order valence-corrected chi connectivity index (χ2v) is 5.35. The van der Waals surface area contributed by atoms with Crippen molar-refractivity contribution < 1.29 is 4.74 Å². The molecule has 0 bridgehead atoms. The first-order valence-corrected chi connectivity index (χ1v) is 6.64. The topological polar surface area (TPSA) is 38.5 Å². The van der Waals surface area contributed by atoms with Gasteiger partial charge in [0.05, 0.1) is 6.10 Å². The highest BCUT2D eigenvalue weighted by Gasteiger charge is 2.47. The number of ether oxygens (including phenoxy) is 1. The van der Waals surface area contributed by atoms with Gasteiger partial charge in [0.2, 0.25) is 0 Å². The summed E-state index contributed by atoms with van der Waals surface area (Å²) in [5.74, 6) is 0.703. The predicted molar refractivity (Wildman–Crippen MR) is 68.5 cm³/mol. The van der Waals surface area contributed by atoms with Crippen molar-refractivity contribution in [2.75, 3.05) is 26.2 Å². The van der Waals surface area contributed by atoms with Crippen LogP contribution in [0.4, 0.5) is 0 Å². The van der Waals surface area contributed by atoms with Crippen LogP contribution in [-0.2, 0) is 4.74 Å². The maximum atomic E-state index is 5.98. The summed E-state index contributed by atoms with van der Waals surface area (Å²) in [5, 5.41) is 0. The van der Waals surface area contributed by atoms with E-state index in [0.717, 1.165) is 39.1 Å². The third-order valence-electron chi connectivity index (χ3n) is 3.64. The van der Waals surface area contributed by atoms with Crippen LogP contribution >= 0.6 is 0 Å². The molecule has 0 aromatic heterocycles. The first-order chi connectivity index (χ1) is 7.57. The van der Waals surface area contributed by atoms with E-state index >= 15 is 0 Å². The number of rotatable bonds is 7. The summed E-state index contributed by atoms with van der Waals surface area (Å²) in [6.45, 7) is 12.7. The molecule has 0 aromatic rings. The van der Waals surface area contributed by atoms with Crippen LogP contribution in [0.2, 0.25) is 0 Å². The van der Waals surface area contributed by atoms with Crippen LogP contribution in [0.15, 0.2) is 0 Å². The number of nitrogens with zero attached hydrogens (tertiary/aromatic N) is 1. The van der Waals surface area contributed by atoms with Gasteiger partial charge in [-0.1, -0.05) is 20.8 Å². The highest BCUT2D eigenvalue weighted by atomic mass is 16.5. The summed E-state index contributed by atoms with van der Waals surface area (Å²) in [5.41, 5.74) is 6.20. The minimum atomic E-state index is 0.221. The van der Waals surface area contributed by atoms with Crippen molar-refractivity contribution in [2.24, 2.45) is 11.7 Å². The van der Waals surface area contributed by atoms with Gasteiger partial charge < -0.3 is 10.5 Å². The Morgan fingerprint density at radius 1 is 1.38 bits per heavy atom. The fourth-order valence-electron chi connectivity index (χ4n) is 2.79. The molecular weight excluding hydrogens is 200 g/mol. The molecule has 0 aliphatic heterocycles.